The second kappa shape index (κ2) is 18.3. The molecule has 1 aliphatic carbocycles. The van der Waals surface area contributed by atoms with E-state index >= 15 is 0 Å². The molecule has 0 amide bonds. The highest BCUT2D eigenvalue weighted by atomic mass is 15.1. The fraction of sp³-hybridized carbons (Fsp3) is 0.0139. The molecule has 0 bridgehead atoms. The lowest BCUT2D eigenvalue weighted by Crippen LogP contribution is -2.28. The summed E-state index contributed by atoms with van der Waals surface area (Å²) in [6.07, 6.45) is 2.02. The van der Waals surface area contributed by atoms with E-state index in [0.717, 1.165) is 56.5 Å². The molecule has 75 heavy (non-hydrogen) atoms. The summed E-state index contributed by atoms with van der Waals surface area (Å²) >= 11 is 0. The number of fused-ring (bicyclic) bond motifs is 7. The van der Waals surface area contributed by atoms with Gasteiger partial charge in [0, 0.05) is 34.0 Å². The van der Waals surface area contributed by atoms with Crippen molar-refractivity contribution in [3.63, 3.8) is 0 Å². The summed E-state index contributed by atoms with van der Waals surface area (Å²) < 4.78 is 0. The summed E-state index contributed by atoms with van der Waals surface area (Å²) in [4.78, 5) is 9.98. The van der Waals surface area contributed by atoms with Crippen LogP contribution >= 0.6 is 0 Å². The Morgan fingerprint density at radius 2 is 0.733 bits per heavy atom. The van der Waals surface area contributed by atoms with E-state index in [9.17, 15) is 0 Å². The van der Waals surface area contributed by atoms with E-state index in [0.29, 0.717) is 0 Å². The normalized spacial score (nSPS) is 12.4. The monoisotopic (exact) mass is 955 g/mol. The number of aromatic nitrogens is 1. The first-order valence-electron chi connectivity index (χ1n) is 25.8. The van der Waals surface area contributed by atoms with Crippen molar-refractivity contribution in [3.8, 4) is 33.5 Å². The molecule has 0 spiro atoms. The quantitative estimate of drug-likeness (QED) is 0.136. The summed E-state index contributed by atoms with van der Waals surface area (Å²) in [5, 5.41) is 7.24. The molecule has 1 heterocycles. The van der Waals surface area contributed by atoms with Crippen LogP contribution in [0.1, 0.15) is 22.3 Å². The number of anilines is 6. The molecule has 0 atom stereocenters. The predicted molar refractivity (Wildman–Crippen MR) is 314 cm³/mol. The summed E-state index contributed by atoms with van der Waals surface area (Å²) in [5.41, 5.74) is 17.6. The average Bonchev–Trinajstić information content (AvgIpc) is 3.79. The van der Waals surface area contributed by atoms with E-state index in [-0.39, 0.29) is 0 Å². The second-order valence-corrected chi connectivity index (χ2v) is 19.5. The zero-order valence-electron chi connectivity index (χ0n) is 41.1. The van der Waals surface area contributed by atoms with Gasteiger partial charge in [0.1, 0.15) is 0 Å². The number of hydrogen-bond donors (Lipinski definition) is 0. The molecule has 3 nitrogen and oxygen atoms in total. The SMILES string of the molecule is c1ccc(N(c2ccccc2)c2ccc(-c3cc4c(c5ccccc35)-c3ccc(-c5ccc(N(c6ccc7ccccc7c6)c6ccc7ccccc7c6)cc5)cc3C4(c3ccccc3)c3ccccc3)nc2)cc1. The minimum Gasteiger partial charge on any atom is -0.310 e. The van der Waals surface area contributed by atoms with Gasteiger partial charge in [-0.2, -0.15) is 0 Å². The molecule has 0 aliphatic heterocycles. The van der Waals surface area contributed by atoms with Crippen LogP contribution in [0, 0.1) is 0 Å². The fourth-order valence-corrected chi connectivity index (χ4v) is 11.9. The van der Waals surface area contributed by atoms with Gasteiger partial charge < -0.3 is 9.80 Å². The van der Waals surface area contributed by atoms with Gasteiger partial charge in [-0.3, -0.25) is 4.98 Å². The lowest BCUT2D eigenvalue weighted by Gasteiger charge is -2.34. The number of benzene rings is 12. The Kier molecular flexibility index (Phi) is 10.7. The Labute approximate surface area is 437 Å². The van der Waals surface area contributed by atoms with E-state index in [1.54, 1.807) is 0 Å². The van der Waals surface area contributed by atoms with Crippen LogP contribution in [-0.4, -0.2) is 4.98 Å². The van der Waals surface area contributed by atoms with E-state index in [2.05, 4.69) is 301 Å². The fourth-order valence-electron chi connectivity index (χ4n) is 11.9. The summed E-state index contributed by atoms with van der Waals surface area (Å²) in [6.45, 7) is 0. The van der Waals surface area contributed by atoms with Gasteiger partial charge in [0.05, 0.1) is 23.0 Å². The van der Waals surface area contributed by atoms with Crippen LogP contribution in [0.4, 0.5) is 34.1 Å². The number of nitrogens with zero attached hydrogens (tertiary/aromatic N) is 3. The van der Waals surface area contributed by atoms with E-state index in [1.807, 2.05) is 6.20 Å². The van der Waals surface area contributed by atoms with Crippen molar-refractivity contribution in [1.82, 2.24) is 4.98 Å². The van der Waals surface area contributed by atoms with Crippen LogP contribution < -0.4 is 9.80 Å². The van der Waals surface area contributed by atoms with Gasteiger partial charge in [0.2, 0.25) is 0 Å². The molecule has 0 saturated heterocycles. The molecule has 0 saturated carbocycles. The van der Waals surface area contributed by atoms with Crippen LogP contribution in [0.25, 0.3) is 65.8 Å². The molecule has 0 N–H and O–H groups in total. The zero-order chi connectivity index (χ0) is 49.7. The van der Waals surface area contributed by atoms with Crippen LogP contribution in [-0.2, 0) is 5.41 Å². The first kappa shape index (κ1) is 43.9. The van der Waals surface area contributed by atoms with Crippen LogP contribution in [0.15, 0.2) is 297 Å². The molecule has 3 heteroatoms. The Hall–Kier alpha value is -9.83. The third-order valence-electron chi connectivity index (χ3n) is 15.3. The van der Waals surface area contributed by atoms with Crippen LogP contribution in [0.3, 0.4) is 0 Å². The Balaban J connectivity index is 0.925. The molecule has 1 aliphatic rings. The molecule has 0 unspecified atom stereocenters. The Morgan fingerprint density at radius 1 is 0.280 bits per heavy atom. The van der Waals surface area contributed by atoms with Gasteiger partial charge in [0.15, 0.2) is 0 Å². The van der Waals surface area contributed by atoms with Crippen molar-refractivity contribution in [3.05, 3.63) is 320 Å². The number of para-hydroxylation sites is 2. The molecule has 352 valence electrons. The second-order valence-electron chi connectivity index (χ2n) is 19.5. The predicted octanol–water partition coefficient (Wildman–Crippen LogP) is 19.2. The molecule has 1 aromatic heterocycles. The van der Waals surface area contributed by atoms with Crippen molar-refractivity contribution in [2.75, 3.05) is 9.80 Å². The Bertz CT molecular complexity index is 4050. The third kappa shape index (κ3) is 7.47. The molecular formula is C72H49N3. The van der Waals surface area contributed by atoms with Crippen molar-refractivity contribution in [2.24, 2.45) is 0 Å². The molecule has 0 radical (unpaired) electrons. The van der Waals surface area contributed by atoms with E-state index in [1.165, 1.54) is 65.7 Å². The maximum Gasteiger partial charge on any atom is 0.0714 e. The minimum absolute atomic E-state index is 0.651. The number of hydrogen-bond acceptors (Lipinski definition) is 3. The van der Waals surface area contributed by atoms with E-state index < -0.39 is 5.41 Å². The highest BCUT2D eigenvalue weighted by Crippen LogP contribution is 2.59. The molecule has 14 rings (SSSR count). The van der Waals surface area contributed by atoms with Gasteiger partial charge in [0.25, 0.3) is 0 Å². The largest absolute Gasteiger partial charge is 0.310 e. The maximum atomic E-state index is 5.33. The molecule has 0 fully saturated rings. The van der Waals surface area contributed by atoms with Crippen molar-refractivity contribution < 1.29 is 0 Å². The lowest BCUT2D eigenvalue weighted by atomic mass is 9.67. The first-order chi connectivity index (χ1) is 37.2. The van der Waals surface area contributed by atoms with Gasteiger partial charge in [-0.15, -0.1) is 0 Å². The summed E-state index contributed by atoms with van der Waals surface area (Å²) in [5.74, 6) is 0. The first-order valence-corrected chi connectivity index (χ1v) is 25.8. The maximum absolute atomic E-state index is 5.33. The summed E-state index contributed by atoms with van der Waals surface area (Å²) in [7, 11) is 0. The smallest absolute Gasteiger partial charge is 0.0714 e. The molecule has 12 aromatic carbocycles. The molecular weight excluding hydrogens is 907 g/mol. The van der Waals surface area contributed by atoms with Crippen LogP contribution in [0.5, 0.6) is 0 Å². The molecule has 13 aromatic rings. The zero-order valence-corrected chi connectivity index (χ0v) is 41.1. The van der Waals surface area contributed by atoms with E-state index in [4.69, 9.17) is 4.98 Å². The van der Waals surface area contributed by atoms with Gasteiger partial charge in [-0.05, 0) is 162 Å². The highest BCUT2D eigenvalue weighted by Gasteiger charge is 2.47. The standard InChI is InChI=1S/C72H49N3/c1-5-23-56(24-6-1)72(57-25-7-2-8-26-57)68-47-55(52-33-38-60(39-34-52)75(61-40-35-50-19-13-15-21-53(50)45-61)62-41-36-51-20-14-16-22-54(51)46-62)37-43-66(68)71-65-32-18-17-31-64(65)67(48-69(71)72)70-44-42-63(49-73-70)74(58-27-9-3-10-28-58)59-29-11-4-12-30-59/h1-49H. The van der Waals surface area contributed by atoms with Crippen LogP contribution in [0.2, 0.25) is 0 Å². The van der Waals surface area contributed by atoms with Gasteiger partial charge in [-0.1, -0.05) is 206 Å². The van der Waals surface area contributed by atoms with Gasteiger partial charge >= 0.3 is 0 Å². The third-order valence-corrected chi connectivity index (χ3v) is 15.3. The van der Waals surface area contributed by atoms with Crippen molar-refractivity contribution in [2.45, 2.75) is 5.41 Å². The van der Waals surface area contributed by atoms with Crippen molar-refractivity contribution >= 4 is 66.4 Å². The highest BCUT2D eigenvalue weighted by molar-refractivity contribution is 6.10. The average molecular weight is 956 g/mol. The summed E-state index contributed by atoms with van der Waals surface area (Å²) in [6, 6.07) is 106. The lowest BCUT2D eigenvalue weighted by molar-refractivity contribution is 0.769. The number of pyridine rings is 1. The minimum atomic E-state index is -0.651. The topological polar surface area (TPSA) is 19.4 Å². The Morgan fingerprint density at radius 3 is 1.29 bits per heavy atom. The van der Waals surface area contributed by atoms with Crippen molar-refractivity contribution in [1.29, 1.82) is 0 Å². The van der Waals surface area contributed by atoms with Gasteiger partial charge in [-0.25, -0.2) is 0 Å². The number of rotatable bonds is 10.